The lowest BCUT2D eigenvalue weighted by atomic mass is 10.0. The number of ketones is 2. The molecule has 0 unspecified atom stereocenters. The molecule has 11 heteroatoms. The molecule has 4 aromatic carbocycles. The molecule has 0 spiro atoms. The molecule has 2 fully saturated rings. The Morgan fingerprint density at radius 2 is 0.780 bits per heavy atom. The molecule has 2 heterocycles. The van der Waals surface area contributed by atoms with E-state index in [1.54, 1.807) is 48.5 Å². The van der Waals surface area contributed by atoms with Crippen LogP contribution < -0.4 is 0 Å². The third-order valence-corrected chi connectivity index (χ3v) is 10.7. The van der Waals surface area contributed by atoms with Crippen LogP contribution >= 0.6 is 46.4 Å². The monoisotopic (exact) mass is 646 g/mol. The number of hydrogen-bond donors (Lipinski definition) is 0. The normalized spacial score (nSPS) is 25.0. The van der Waals surface area contributed by atoms with Crippen LogP contribution in [-0.4, -0.2) is 29.9 Å². The molecule has 4 aromatic rings. The van der Waals surface area contributed by atoms with Crippen molar-refractivity contribution >= 4 is 67.8 Å². The Morgan fingerprint density at radius 3 is 1.07 bits per heavy atom. The molecule has 0 N–H and O–H groups in total. The summed E-state index contributed by atoms with van der Waals surface area (Å²) in [4.78, 5) is 23.3. The van der Waals surface area contributed by atoms with Gasteiger partial charge in [-0.05, 0) is 83.9 Å². The van der Waals surface area contributed by atoms with Gasteiger partial charge in [0.05, 0.1) is 0 Å². The number of Topliss-reactive ketones (excluding diaryl/α,β-unsaturated/α-hetero) is 2. The van der Waals surface area contributed by atoms with Gasteiger partial charge in [-0.2, -0.15) is 0 Å². The van der Waals surface area contributed by atoms with Crippen molar-refractivity contribution in [1.29, 1.82) is 0 Å². The SMILES string of the molecule is O=C(c1ccc(Cl)cc1)[C@@]1(S(=O)(=O)[C@]2(C(=O)c3ccc(Cl)cc3)O[C@H]2c2ccc(Cl)cc2)O[C@H]1c1ccc(Cl)cc1. The van der Waals surface area contributed by atoms with Gasteiger partial charge >= 0.3 is 0 Å². The predicted octanol–water partition coefficient (Wildman–Crippen LogP) is 7.72. The van der Waals surface area contributed by atoms with Gasteiger partial charge in [0.2, 0.25) is 21.4 Å². The number of halogens is 4. The molecule has 208 valence electrons. The molecule has 0 amide bonds. The standard InChI is InChI=1S/C30H18Cl4O6S/c31-21-9-1-17(2-10-21)25(35)29(27(39-29)19-5-13-23(33)14-6-19)41(37,38)30(26(36)18-3-11-22(32)12-4-18)28(40-30)20-7-15-24(34)16-8-20/h1-16,27-28H/t27-,28-,29-,30-/m0/s1. The summed E-state index contributed by atoms with van der Waals surface area (Å²) in [5, 5.41) is 1.53. The smallest absolute Gasteiger partial charge is 0.267 e. The fourth-order valence-electron chi connectivity index (χ4n) is 4.96. The van der Waals surface area contributed by atoms with Crippen molar-refractivity contribution in [1.82, 2.24) is 0 Å². The van der Waals surface area contributed by atoms with E-state index in [9.17, 15) is 18.0 Å². The number of sulfone groups is 1. The molecule has 2 saturated heterocycles. The van der Waals surface area contributed by atoms with Crippen LogP contribution in [0.15, 0.2) is 97.1 Å². The van der Waals surface area contributed by atoms with E-state index >= 15 is 0 Å². The quantitative estimate of drug-likeness (QED) is 0.144. The highest BCUT2D eigenvalue weighted by Crippen LogP contribution is 2.66. The summed E-state index contributed by atoms with van der Waals surface area (Å²) in [6.07, 6.45) is -2.48. The minimum atomic E-state index is -4.92. The second-order valence-electron chi connectivity index (χ2n) is 9.61. The number of rotatable bonds is 8. The second kappa shape index (κ2) is 10.2. The fourth-order valence-corrected chi connectivity index (χ4v) is 7.92. The summed E-state index contributed by atoms with van der Waals surface area (Å²) >= 11 is 24.1. The molecule has 0 aliphatic carbocycles. The number of hydrogen-bond acceptors (Lipinski definition) is 6. The first-order valence-electron chi connectivity index (χ1n) is 12.2. The van der Waals surface area contributed by atoms with Crippen molar-refractivity contribution in [2.24, 2.45) is 0 Å². The number of carbonyl (C=O) groups excluding carboxylic acids is 2. The maximum atomic E-state index is 14.9. The number of benzene rings is 4. The third-order valence-electron chi connectivity index (χ3n) is 7.15. The van der Waals surface area contributed by atoms with Crippen LogP contribution in [-0.2, 0) is 19.3 Å². The van der Waals surface area contributed by atoms with Crippen molar-refractivity contribution in [3.8, 4) is 0 Å². The van der Waals surface area contributed by atoms with Gasteiger partial charge in [0, 0.05) is 31.2 Å². The van der Waals surface area contributed by atoms with Gasteiger partial charge in [-0.15, -0.1) is 0 Å². The molecule has 2 aliphatic rings. The average molecular weight is 648 g/mol. The molecule has 0 aromatic heterocycles. The first-order chi connectivity index (χ1) is 19.5. The molecule has 4 atom stereocenters. The van der Waals surface area contributed by atoms with Crippen LogP contribution in [0.25, 0.3) is 0 Å². The molecule has 0 saturated carbocycles. The lowest BCUT2D eigenvalue weighted by Crippen LogP contribution is -2.48. The summed E-state index contributed by atoms with van der Waals surface area (Å²) in [6, 6.07) is 24.0. The summed E-state index contributed by atoms with van der Waals surface area (Å²) < 4.78 is 41.5. The molecule has 41 heavy (non-hydrogen) atoms. The van der Waals surface area contributed by atoms with Crippen molar-refractivity contribution in [3.63, 3.8) is 0 Å². The Kier molecular flexibility index (Phi) is 7.06. The predicted molar refractivity (Wildman–Crippen MR) is 157 cm³/mol. The average Bonchev–Trinajstić information content (AvgIpc) is 3.88. The Morgan fingerprint density at radius 1 is 0.512 bits per heavy atom. The van der Waals surface area contributed by atoms with Crippen LogP contribution in [0.3, 0.4) is 0 Å². The van der Waals surface area contributed by atoms with Crippen molar-refractivity contribution in [2.75, 3.05) is 0 Å². The Labute approximate surface area is 255 Å². The van der Waals surface area contributed by atoms with E-state index in [4.69, 9.17) is 55.9 Å². The van der Waals surface area contributed by atoms with Gasteiger partial charge in [-0.3, -0.25) is 9.59 Å². The molecule has 6 rings (SSSR count). The summed E-state index contributed by atoms with van der Waals surface area (Å²) in [7, 11) is -4.92. The minimum Gasteiger partial charge on any atom is -0.337 e. The van der Waals surface area contributed by atoms with E-state index < -0.39 is 43.5 Å². The molecule has 2 aliphatic heterocycles. The molecular formula is C30H18Cl4O6S. The van der Waals surface area contributed by atoms with E-state index in [0.29, 0.717) is 31.2 Å². The molecule has 0 radical (unpaired) electrons. The maximum absolute atomic E-state index is 14.9. The minimum absolute atomic E-state index is 0.0345. The van der Waals surface area contributed by atoms with E-state index in [2.05, 4.69) is 0 Å². The van der Waals surface area contributed by atoms with Crippen molar-refractivity contribution < 1.29 is 27.5 Å². The fraction of sp³-hybridized carbons (Fsp3) is 0.133. The van der Waals surface area contributed by atoms with E-state index in [1.165, 1.54) is 48.5 Å². The summed E-state index contributed by atoms with van der Waals surface area (Å²) in [5.41, 5.74) is 0.843. The van der Waals surface area contributed by atoms with Gasteiger partial charge in [0.25, 0.3) is 9.87 Å². The Balaban J connectivity index is 1.53. The van der Waals surface area contributed by atoms with Crippen LogP contribution in [0.4, 0.5) is 0 Å². The zero-order valence-electron chi connectivity index (χ0n) is 20.8. The van der Waals surface area contributed by atoms with E-state index in [1.807, 2.05) is 0 Å². The largest absolute Gasteiger partial charge is 0.337 e. The first kappa shape index (κ1) is 28.4. The van der Waals surface area contributed by atoms with Crippen LogP contribution in [0.5, 0.6) is 0 Å². The highest BCUT2D eigenvalue weighted by Gasteiger charge is 2.85. The molecule has 0 bridgehead atoms. The highest BCUT2D eigenvalue weighted by molar-refractivity contribution is 7.96. The van der Waals surface area contributed by atoms with Gasteiger partial charge in [0.15, 0.2) is 0 Å². The number of carbonyl (C=O) groups is 2. The van der Waals surface area contributed by atoms with Crippen molar-refractivity contribution in [2.45, 2.75) is 22.1 Å². The topological polar surface area (TPSA) is 93.3 Å². The van der Waals surface area contributed by atoms with Gasteiger partial charge in [-0.1, -0.05) is 70.7 Å². The van der Waals surface area contributed by atoms with Crippen molar-refractivity contribution in [3.05, 3.63) is 139 Å². The molecule has 6 nitrogen and oxygen atoms in total. The first-order valence-corrected chi connectivity index (χ1v) is 15.2. The Bertz CT molecular complexity index is 1650. The van der Waals surface area contributed by atoms with Crippen LogP contribution in [0.1, 0.15) is 44.1 Å². The number of epoxide rings is 2. The highest BCUT2D eigenvalue weighted by atomic mass is 35.5. The number of ether oxygens (including phenoxy) is 2. The van der Waals surface area contributed by atoms with E-state index in [0.717, 1.165) is 0 Å². The van der Waals surface area contributed by atoms with Gasteiger partial charge in [-0.25, -0.2) is 8.42 Å². The lowest BCUT2D eigenvalue weighted by Gasteiger charge is -2.20. The molecular weight excluding hydrogens is 630 g/mol. The van der Waals surface area contributed by atoms with Gasteiger partial charge in [0.1, 0.15) is 12.2 Å². The van der Waals surface area contributed by atoms with Crippen LogP contribution in [0, 0.1) is 0 Å². The zero-order valence-corrected chi connectivity index (χ0v) is 24.6. The summed E-state index contributed by atoms with van der Waals surface area (Å²) in [6.45, 7) is 0. The Hall–Kier alpha value is -2.75. The zero-order chi connectivity index (χ0) is 29.2. The maximum Gasteiger partial charge on any atom is 0.267 e. The van der Waals surface area contributed by atoms with E-state index in [-0.39, 0.29) is 11.1 Å². The van der Waals surface area contributed by atoms with Crippen LogP contribution in [0.2, 0.25) is 20.1 Å². The summed E-state index contributed by atoms with van der Waals surface area (Å²) in [5.74, 6) is -1.72. The third kappa shape index (κ3) is 4.51. The lowest BCUT2D eigenvalue weighted by molar-refractivity contribution is 0.0910. The van der Waals surface area contributed by atoms with Gasteiger partial charge < -0.3 is 9.47 Å². The second-order valence-corrected chi connectivity index (χ2v) is 13.6.